The monoisotopic (exact) mass is 779 g/mol. The van der Waals surface area contributed by atoms with Crippen LogP contribution in [0.4, 0.5) is 11.4 Å². The Morgan fingerprint density at radius 3 is 1.40 bits per heavy atom. The summed E-state index contributed by atoms with van der Waals surface area (Å²) >= 11 is 0. The molecule has 4 aliphatic heterocycles. The maximum absolute atomic E-state index is 6.98. The lowest BCUT2D eigenvalue weighted by Gasteiger charge is -2.44. The number of nitrogens with zero attached hydrogens (tertiary/aromatic N) is 1. The Morgan fingerprint density at radius 2 is 0.800 bits per heavy atom. The van der Waals surface area contributed by atoms with Crippen LogP contribution in [0.15, 0.2) is 212 Å². The first-order valence-corrected chi connectivity index (χ1v) is 22.8. The van der Waals surface area contributed by atoms with E-state index in [-0.39, 0.29) is 13.6 Å². The zero-order valence-electron chi connectivity index (χ0n) is 32.6. The van der Waals surface area contributed by atoms with Crippen LogP contribution in [0.3, 0.4) is 0 Å². The van der Waals surface area contributed by atoms with E-state index in [4.69, 9.17) is 9.47 Å². The first-order valence-electron chi connectivity index (χ1n) is 20.8. The molecule has 6 heteroatoms. The molecule has 0 atom stereocenters. The molecule has 0 N–H and O–H groups in total. The number of rotatable bonds is 4. The van der Waals surface area contributed by atoms with Crippen molar-refractivity contribution in [3.63, 3.8) is 0 Å². The van der Waals surface area contributed by atoms with E-state index in [9.17, 15) is 0 Å². The van der Waals surface area contributed by atoms with Crippen molar-refractivity contribution < 1.29 is 9.47 Å². The number of hydrogen-bond donors (Lipinski definition) is 0. The molecule has 4 heterocycles. The molecular weight excluding hydrogens is 744 g/mol. The summed E-state index contributed by atoms with van der Waals surface area (Å²) in [5, 5.41) is 5.11. The molecule has 278 valence electrons. The van der Waals surface area contributed by atoms with Gasteiger partial charge in [-0.1, -0.05) is 176 Å². The van der Waals surface area contributed by atoms with Crippen LogP contribution < -0.4 is 62.3 Å². The minimum absolute atomic E-state index is 0.00853. The van der Waals surface area contributed by atoms with Crippen molar-refractivity contribution in [2.75, 3.05) is 4.81 Å². The van der Waals surface area contributed by atoms with Crippen LogP contribution in [-0.2, 0) is 0 Å². The highest BCUT2D eigenvalue weighted by Crippen LogP contribution is 2.45. The molecule has 9 aromatic carbocycles. The quantitative estimate of drug-likeness (QED) is 0.147. The predicted octanol–water partition coefficient (Wildman–Crippen LogP) is 6.70. The van der Waals surface area contributed by atoms with Crippen LogP contribution in [0.1, 0.15) is 0 Å². The number of benzene rings is 9. The number of anilines is 2. The molecule has 0 saturated carbocycles. The van der Waals surface area contributed by atoms with Gasteiger partial charge in [-0.05, 0) is 90.1 Å². The summed E-state index contributed by atoms with van der Waals surface area (Å²) in [7, 11) is -3.12. The van der Waals surface area contributed by atoms with Crippen molar-refractivity contribution >= 4 is 81.1 Å². The fourth-order valence-electron chi connectivity index (χ4n) is 10.9. The van der Waals surface area contributed by atoms with E-state index in [0.29, 0.717) is 0 Å². The van der Waals surface area contributed by atoms with Crippen LogP contribution in [0.25, 0.3) is 22.3 Å². The van der Waals surface area contributed by atoms with E-state index in [1.54, 1.807) is 0 Å². The van der Waals surface area contributed by atoms with Gasteiger partial charge in [-0.2, -0.15) is 0 Å². The molecular formula is C54H35B2NO2Si. The number of ether oxygens (including phenoxy) is 2. The first-order chi connectivity index (χ1) is 29.8. The molecule has 9 aromatic rings. The van der Waals surface area contributed by atoms with Crippen molar-refractivity contribution in [2.24, 2.45) is 0 Å². The molecule has 0 aliphatic carbocycles. The average molecular weight is 780 g/mol. The van der Waals surface area contributed by atoms with Gasteiger partial charge in [0.15, 0.2) is 8.07 Å². The Morgan fingerprint density at radius 1 is 0.333 bits per heavy atom. The van der Waals surface area contributed by atoms with Gasteiger partial charge in [0.05, 0.1) is 0 Å². The fourth-order valence-corrected chi connectivity index (χ4v) is 15.7. The third-order valence-electron chi connectivity index (χ3n) is 13.3. The molecule has 0 spiro atoms. The van der Waals surface area contributed by atoms with Gasteiger partial charge in [0.1, 0.15) is 23.0 Å². The Bertz CT molecular complexity index is 3100. The summed E-state index contributed by atoms with van der Waals surface area (Å²) in [4.78, 5) is 2.59. The van der Waals surface area contributed by atoms with E-state index in [1.807, 2.05) is 0 Å². The van der Waals surface area contributed by atoms with E-state index < -0.39 is 8.07 Å². The summed E-state index contributed by atoms with van der Waals surface area (Å²) < 4.78 is 14.0. The van der Waals surface area contributed by atoms with Gasteiger partial charge in [0, 0.05) is 28.0 Å². The SMILES string of the molecule is c1ccc([Si](c2ccccc2)(c2cc3c4c(c2)Oc2ccccc2B4c2ccccc2O3)c2ccc3c(c2)-c2ccccc2B2c4ccccc4-c4ccccc4N23)cc1. The molecule has 13 rings (SSSR count). The lowest BCUT2D eigenvalue weighted by atomic mass is 9.35. The molecule has 0 amide bonds. The van der Waals surface area contributed by atoms with Crippen molar-refractivity contribution in [3.05, 3.63) is 212 Å². The third-order valence-corrected chi connectivity index (χ3v) is 18.1. The van der Waals surface area contributed by atoms with Crippen molar-refractivity contribution in [2.45, 2.75) is 0 Å². The second-order valence-electron chi connectivity index (χ2n) is 16.3. The summed E-state index contributed by atoms with van der Waals surface area (Å²) in [6.07, 6.45) is 0. The molecule has 0 fully saturated rings. The van der Waals surface area contributed by atoms with Gasteiger partial charge in [0.2, 0.25) is 0 Å². The molecule has 60 heavy (non-hydrogen) atoms. The highest BCUT2D eigenvalue weighted by Gasteiger charge is 2.48. The van der Waals surface area contributed by atoms with Gasteiger partial charge in [-0.3, -0.25) is 0 Å². The highest BCUT2D eigenvalue weighted by atomic mass is 28.3. The van der Waals surface area contributed by atoms with Gasteiger partial charge in [-0.25, -0.2) is 0 Å². The van der Waals surface area contributed by atoms with Gasteiger partial charge >= 0.3 is 6.85 Å². The van der Waals surface area contributed by atoms with Crippen LogP contribution in [0.2, 0.25) is 0 Å². The van der Waals surface area contributed by atoms with Crippen LogP contribution >= 0.6 is 0 Å². The summed E-state index contributed by atoms with van der Waals surface area (Å²) in [5.41, 5.74) is 13.6. The largest absolute Gasteiger partial charge is 0.458 e. The molecule has 3 nitrogen and oxygen atoms in total. The Balaban J connectivity index is 1.10. The maximum atomic E-state index is 6.98. The standard InChI is InChI=1S/C54H35B2NO2Si/c1-3-17-36(18-4-1)60(37-19-5-2-6-20-37,39-34-52-54-53(35-39)59-51-30-16-13-27-47(51)55(54)46-26-12-15-29-50(46)58-52)38-31-32-49-43(33-38)41-22-8-11-25-45(41)56-44-24-10-7-21-40(44)42-23-9-14-28-48(42)57(49)56/h1-35H. The normalized spacial score (nSPS) is 13.5. The van der Waals surface area contributed by atoms with Gasteiger partial charge < -0.3 is 14.3 Å². The Labute approximate surface area is 351 Å². The summed E-state index contributed by atoms with van der Waals surface area (Å²) in [6, 6.07) is 78.3. The van der Waals surface area contributed by atoms with Crippen LogP contribution in [-0.4, -0.2) is 21.6 Å². The van der Waals surface area contributed by atoms with E-state index in [0.717, 1.165) is 39.4 Å². The number of hydrogen-bond acceptors (Lipinski definition) is 3. The van der Waals surface area contributed by atoms with Crippen molar-refractivity contribution in [3.8, 4) is 45.3 Å². The molecule has 0 aromatic heterocycles. The van der Waals surface area contributed by atoms with E-state index in [1.165, 1.54) is 65.3 Å². The molecule has 4 aliphatic rings. The Kier molecular flexibility index (Phi) is 7.22. The zero-order valence-corrected chi connectivity index (χ0v) is 33.6. The maximum Gasteiger partial charge on any atom is 0.329 e. The van der Waals surface area contributed by atoms with Crippen LogP contribution in [0.5, 0.6) is 23.0 Å². The molecule has 0 saturated heterocycles. The lowest BCUT2D eigenvalue weighted by molar-refractivity contribution is 0.465. The van der Waals surface area contributed by atoms with Crippen molar-refractivity contribution in [1.82, 2.24) is 0 Å². The zero-order chi connectivity index (χ0) is 39.4. The Hall–Kier alpha value is -7.27. The minimum Gasteiger partial charge on any atom is -0.458 e. The number of para-hydroxylation sites is 3. The number of fused-ring (bicyclic) bond motifs is 15. The second kappa shape index (κ2) is 12.9. The second-order valence-corrected chi connectivity index (χ2v) is 20.1. The predicted molar refractivity (Wildman–Crippen MR) is 252 cm³/mol. The highest BCUT2D eigenvalue weighted by molar-refractivity contribution is 7.20. The smallest absolute Gasteiger partial charge is 0.329 e. The fraction of sp³-hybridized carbons (Fsp3) is 0. The minimum atomic E-state index is -3.12. The van der Waals surface area contributed by atoms with E-state index in [2.05, 4.69) is 217 Å². The molecule has 0 unspecified atom stereocenters. The van der Waals surface area contributed by atoms with Crippen molar-refractivity contribution in [1.29, 1.82) is 0 Å². The van der Waals surface area contributed by atoms with Crippen LogP contribution in [0, 0.1) is 0 Å². The third kappa shape index (κ3) is 4.62. The molecule has 0 bridgehead atoms. The summed E-state index contributed by atoms with van der Waals surface area (Å²) in [6.45, 7) is 0.0619. The molecule has 0 radical (unpaired) electrons. The first kappa shape index (κ1) is 33.7. The topological polar surface area (TPSA) is 21.7 Å². The van der Waals surface area contributed by atoms with E-state index >= 15 is 0 Å². The van der Waals surface area contributed by atoms with Gasteiger partial charge in [-0.15, -0.1) is 0 Å². The average Bonchev–Trinajstić information content (AvgIpc) is 3.32. The van der Waals surface area contributed by atoms with Gasteiger partial charge in [0.25, 0.3) is 6.71 Å². The summed E-state index contributed by atoms with van der Waals surface area (Å²) in [5.74, 6) is 3.51. The lowest BCUT2D eigenvalue weighted by Crippen LogP contribution is -2.75.